The number of carbonyl (C=O) groups is 1. The second-order valence-electron chi connectivity index (χ2n) is 5.31. The van der Waals surface area contributed by atoms with Crippen LogP contribution in [0.15, 0.2) is 54.9 Å². The number of nitrogens with zero attached hydrogens (tertiary/aromatic N) is 3. The van der Waals surface area contributed by atoms with Gasteiger partial charge in [0.25, 0.3) is 5.91 Å². The lowest BCUT2D eigenvalue weighted by atomic mass is 9.88. The van der Waals surface area contributed by atoms with Gasteiger partial charge in [-0.3, -0.25) is 14.6 Å². The van der Waals surface area contributed by atoms with E-state index in [0.29, 0.717) is 13.2 Å². The largest absolute Gasteiger partial charge is 0.273 e. The first-order valence-electron chi connectivity index (χ1n) is 7.02. The number of hydroxylamine groups is 1. The Morgan fingerprint density at radius 1 is 1.19 bits per heavy atom. The molecule has 5 heteroatoms. The lowest BCUT2D eigenvalue weighted by molar-refractivity contribution is -0.348. The van der Waals surface area contributed by atoms with E-state index in [9.17, 15) is 4.79 Å². The summed E-state index contributed by atoms with van der Waals surface area (Å²) < 4.78 is 0. The number of rotatable bonds is 4. The minimum absolute atomic E-state index is 0.101. The summed E-state index contributed by atoms with van der Waals surface area (Å²) >= 11 is 0. The van der Waals surface area contributed by atoms with Crippen LogP contribution in [0.2, 0.25) is 0 Å². The number of benzene rings is 1. The van der Waals surface area contributed by atoms with Crippen molar-refractivity contribution < 1.29 is 9.63 Å². The van der Waals surface area contributed by atoms with E-state index in [1.807, 2.05) is 42.5 Å². The van der Waals surface area contributed by atoms with Crippen LogP contribution in [0.4, 0.5) is 0 Å². The summed E-state index contributed by atoms with van der Waals surface area (Å²) in [5.41, 5.74) is 1.30. The summed E-state index contributed by atoms with van der Waals surface area (Å²) in [6, 6.07) is 13.7. The highest BCUT2D eigenvalue weighted by atomic mass is 16.7. The van der Waals surface area contributed by atoms with Crippen LogP contribution in [-0.4, -0.2) is 27.6 Å². The maximum Gasteiger partial charge on any atom is 0.268 e. The molecular formula is C16H15N3O2. The summed E-state index contributed by atoms with van der Waals surface area (Å²) in [6.45, 7) is 1.15. The molecule has 0 radical (unpaired) electrons. The molecule has 5 rings (SSSR count). The van der Waals surface area contributed by atoms with Crippen molar-refractivity contribution in [3.63, 3.8) is 0 Å². The molecule has 21 heavy (non-hydrogen) atoms. The first-order valence-corrected chi connectivity index (χ1v) is 7.02. The molecule has 1 aromatic carbocycles. The highest BCUT2D eigenvalue weighted by Crippen LogP contribution is 2.49. The number of amides is 1. The van der Waals surface area contributed by atoms with Gasteiger partial charge in [0.05, 0.1) is 6.61 Å². The molecular weight excluding hydrogens is 266 g/mol. The van der Waals surface area contributed by atoms with E-state index in [1.165, 1.54) is 0 Å². The third-order valence-corrected chi connectivity index (χ3v) is 4.15. The Morgan fingerprint density at radius 3 is 2.76 bits per heavy atom. The molecule has 106 valence electrons. The van der Waals surface area contributed by atoms with Gasteiger partial charge in [0, 0.05) is 30.9 Å². The van der Waals surface area contributed by atoms with Crippen LogP contribution < -0.4 is 0 Å². The molecule has 2 bridgehead atoms. The number of hydrazine groups is 1. The molecule has 0 N–H and O–H groups in total. The summed E-state index contributed by atoms with van der Waals surface area (Å²) in [5.74, 6) is 0.101. The normalized spacial score (nSPS) is 24.2. The topological polar surface area (TPSA) is 45.7 Å². The Morgan fingerprint density at radius 2 is 2.05 bits per heavy atom. The maximum atomic E-state index is 12.3. The van der Waals surface area contributed by atoms with Crippen molar-refractivity contribution in [2.24, 2.45) is 0 Å². The van der Waals surface area contributed by atoms with Crippen molar-refractivity contribution in [1.82, 2.24) is 15.2 Å². The smallest absolute Gasteiger partial charge is 0.268 e. The van der Waals surface area contributed by atoms with E-state index in [4.69, 9.17) is 4.84 Å². The van der Waals surface area contributed by atoms with Gasteiger partial charge in [0.15, 0.2) is 5.54 Å². The van der Waals surface area contributed by atoms with Gasteiger partial charge in [-0.1, -0.05) is 41.6 Å². The van der Waals surface area contributed by atoms with E-state index < -0.39 is 5.54 Å². The predicted molar refractivity (Wildman–Crippen MR) is 75.3 cm³/mol. The zero-order valence-corrected chi connectivity index (χ0v) is 11.5. The monoisotopic (exact) mass is 281 g/mol. The average Bonchev–Trinajstić information content (AvgIpc) is 3.11. The number of hydrogen-bond acceptors (Lipinski definition) is 4. The zero-order chi connectivity index (χ0) is 14.3. The lowest BCUT2D eigenvalue weighted by Crippen LogP contribution is -2.67. The number of carbonyl (C=O) groups excluding carboxylic acids is 1. The van der Waals surface area contributed by atoms with Crippen molar-refractivity contribution in [2.45, 2.75) is 18.6 Å². The average molecular weight is 281 g/mol. The van der Waals surface area contributed by atoms with Crippen molar-refractivity contribution in [3.8, 4) is 0 Å². The fourth-order valence-electron chi connectivity index (χ4n) is 3.08. The van der Waals surface area contributed by atoms with Gasteiger partial charge in [0.2, 0.25) is 0 Å². The molecule has 3 fully saturated rings. The second-order valence-corrected chi connectivity index (χ2v) is 5.31. The van der Waals surface area contributed by atoms with E-state index in [2.05, 4.69) is 4.98 Å². The zero-order valence-electron chi connectivity index (χ0n) is 11.5. The lowest BCUT2D eigenvalue weighted by Gasteiger charge is -2.48. The van der Waals surface area contributed by atoms with Crippen LogP contribution in [0, 0.1) is 0 Å². The Hall–Kier alpha value is -2.24. The van der Waals surface area contributed by atoms with Gasteiger partial charge in [-0.05, 0) is 11.6 Å². The predicted octanol–water partition coefficient (Wildman–Crippen LogP) is 1.87. The van der Waals surface area contributed by atoms with Crippen molar-refractivity contribution in [1.29, 1.82) is 0 Å². The van der Waals surface area contributed by atoms with Gasteiger partial charge < -0.3 is 0 Å². The fourth-order valence-corrected chi connectivity index (χ4v) is 3.08. The Labute approximate surface area is 122 Å². The van der Waals surface area contributed by atoms with E-state index in [1.54, 1.807) is 22.6 Å². The van der Waals surface area contributed by atoms with Crippen LogP contribution in [0.25, 0.3) is 0 Å². The molecule has 1 amide bonds. The molecule has 1 aromatic heterocycles. The van der Waals surface area contributed by atoms with E-state index in [0.717, 1.165) is 17.5 Å². The fraction of sp³-hybridized carbons (Fsp3) is 0.250. The highest BCUT2D eigenvalue weighted by molar-refractivity contribution is 5.94. The van der Waals surface area contributed by atoms with Gasteiger partial charge in [-0.2, -0.15) is 0 Å². The molecule has 1 atom stereocenters. The Balaban J connectivity index is 1.57. The summed E-state index contributed by atoms with van der Waals surface area (Å²) in [4.78, 5) is 22.4. The molecule has 5 nitrogen and oxygen atoms in total. The first-order chi connectivity index (χ1) is 10.3. The highest BCUT2D eigenvalue weighted by Gasteiger charge is 2.67. The molecule has 0 saturated carbocycles. The standard InChI is InChI=1S/C16H15N3O2/c20-15-16(14-7-4-9-17-11-14)8-10-18(15)19(16)21-12-13-5-2-1-3-6-13/h1-7,9,11H,8,10,12H2. The van der Waals surface area contributed by atoms with E-state index in [-0.39, 0.29) is 5.91 Å². The third kappa shape index (κ3) is 1.71. The second kappa shape index (κ2) is 4.65. The first kappa shape index (κ1) is 12.5. The molecule has 0 aliphatic carbocycles. The van der Waals surface area contributed by atoms with Crippen LogP contribution in [0.5, 0.6) is 0 Å². The Bertz CT molecular complexity index is 662. The number of fused-ring (bicyclic) bond motifs is 1. The molecule has 0 spiro atoms. The number of hydrogen-bond donors (Lipinski definition) is 0. The summed E-state index contributed by atoms with van der Waals surface area (Å²) in [7, 11) is 0. The van der Waals surface area contributed by atoms with Gasteiger partial charge >= 0.3 is 0 Å². The maximum absolute atomic E-state index is 12.3. The van der Waals surface area contributed by atoms with Crippen molar-refractivity contribution in [3.05, 3.63) is 66.0 Å². The molecule has 1 unspecified atom stereocenters. The molecule has 3 saturated heterocycles. The SMILES string of the molecule is O=C1N2CCC1(c1cccnc1)N2OCc1ccccc1. The Kier molecular flexibility index (Phi) is 2.77. The third-order valence-electron chi connectivity index (χ3n) is 4.15. The minimum Gasteiger partial charge on any atom is -0.273 e. The molecule has 4 heterocycles. The summed E-state index contributed by atoms with van der Waals surface area (Å²) in [5, 5.41) is 3.38. The summed E-state index contributed by atoms with van der Waals surface area (Å²) in [6.07, 6.45) is 4.21. The van der Waals surface area contributed by atoms with Crippen LogP contribution in [0.1, 0.15) is 17.5 Å². The number of pyridine rings is 1. The van der Waals surface area contributed by atoms with Crippen LogP contribution in [0.3, 0.4) is 0 Å². The van der Waals surface area contributed by atoms with Crippen molar-refractivity contribution >= 4 is 5.91 Å². The quantitative estimate of drug-likeness (QED) is 0.858. The van der Waals surface area contributed by atoms with E-state index >= 15 is 0 Å². The van der Waals surface area contributed by atoms with Crippen molar-refractivity contribution in [2.75, 3.05) is 6.54 Å². The molecule has 2 aromatic rings. The van der Waals surface area contributed by atoms with Gasteiger partial charge in [-0.15, -0.1) is 0 Å². The van der Waals surface area contributed by atoms with Crippen LogP contribution in [-0.2, 0) is 21.8 Å². The van der Waals surface area contributed by atoms with Gasteiger partial charge in [-0.25, -0.2) is 5.01 Å². The number of aromatic nitrogens is 1. The van der Waals surface area contributed by atoms with Gasteiger partial charge in [0.1, 0.15) is 0 Å². The molecule has 3 aliphatic rings. The minimum atomic E-state index is -0.678. The van der Waals surface area contributed by atoms with Crippen LogP contribution >= 0.6 is 0 Å². The molecule has 3 aliphatic heterocycles.